The van der Waals surface area contributed by atoms with Crippen LogP contribution < -0.4 is 10.0 Å². The number of benzene rings is 1. The molecule has 1 aliphatic heterocycles. The minimum absolute atomic E-state index is 0.111. The number of anilines is 2. The number of hydrogen-bond acceptors (Lipinski definition) is 4. The van der Waals surface area contributed by atoms with Gasteiger partial charge in [0.2, 0.25) is 0 Å². The molecule has 100 valence electrons. The molecule has 1 aliphatic rings. The van der Waals surface area contributed by atoms with Gasteiger partial charge < -0.3 is 10.7 Å². The Morgan fingerprint density at radius 1 is 1.42 bits per heavy atom. The molecule has 2 aromatic rings. The third-order valence-corrected chi connectivity index (χ3v) is 4.99. The molecule has 3 N–H and O–H groups in total. The average Bonchev–Trinajstić information content (AvgIpc) is 2.96. The van der Waals surface area contributed by atoms with Gasteiger partial charge in [-0.3, -0.25) is 4.31 Å². The van der Waals surface area contributed by atoms with E-state index in [4.69, 9.17) is 5.73 Å². The van der Waals surface area contributed by atoms with E-state index in [9.17, 15) is 8.42 Å². The van der Waals surface area contributed by atoms with Crippen molar-refractivity contribution < 1.29 is 8.42 Å². The smallest absolute Gasteiger partial charge is 0.281 e. The molecule has 0 saturated heterocycles. The van der Waals surface area contributed by atoms with Crippen LogP contribution in [0, 0.1) is 6.92 Å². The predicted octanol–water partition coefficient (Wildman–Crippen LogP) is 1.05. The molecule has 0 unspecified atom stereocenters. The molecular weight excluding hydrogens is 264 g/mol. The molecule has 1 aromatic carbocycles. The van der Waals surface area contributed by atoms with Crippen LogP contribution in [0.3, 0.4) is 0 Å². The Bertz CT molecular complexity index is 736. The highest BCUT2D eigenvalue weighted by atomic mass is 32.2. The molecule has 0 saturated carbocycles. The first-order valence-corrected chi connectivity index (χ1v) is 7.36. The summed E-state index contributed by atoms with van der Waals surface area (Å²) in [7, 11) is -3.59. The zero-order valence-corrected chi connectivity index (χ0v) is 11.2. The van der Waals surface area contributed by atoms with Crippen molar-refractivity contribution in [1.29, 1.82) is 0 Å². The van der Waals surface area contributed by atoms with Gasteiger partial charge in [-0.05, 0) is 25.5 Å². The Kier molecular flexibility index (Phi) is 2.53. The van der Waals surface area contributed by atoms with E-state index in [0.717, 1.165) is 5.56 Å². The van der Waals surface area contributed by atoms with Gasteiger partial charge in [-0.25, -0.2) is 4.98 Å². The van der Waals surface area contributed by atoms with E-state index in [1.54, 1.807) is 25.1 Å². The van der Waals surface area contributed by atoms with Gasteiger partial charge in [-0.15, -0.1) is 0 Å². The van der Waals surface area contributed by atoms with Gasteiger partial charge in [0.05, 0.1) is 11.9 Å². The van der Waals surface area contributed by atoms with Crippen molar-refractivity contribution in [2.75, 3.05) is 16.6 Å². The number of nitrogen functional groups attached to an aromatic ring is 1. The molecule has 7 heteroatoms. The lowest BCUT2D eigenvalue weighted by atomic mass is 10.1. The number of hydrogen-bond donors (Lipinski definition) is 2. The normalized spacial score (nSPS) is 14.7. The highest BCUT2D eigenvalue weighted by Crippen LogP contribution is 2.35. The van der Waals surface area contributed by atoms with Crippen molar-refractivity contribution in [3.63, 3.8) is 0 Å². The Morgan fingerprint density at radius 2 is 2.21 bits per heavy atom. The van der Waals surface area contributed by atoms with Gasteiger partial charge in [-0.2, -0.15) is 8.42 Å². The largest absolute Gasteiger partial charge is 0.398 e. The number of nitrogens with two attached hydrogens (primary N) is 1. The summed E-state index contributed by atoms with van der Waals surface area (Å²) in [5.74, 6) is 0.575. The summed E-state index contributed by atoms with van der Waals surface area (Å²) < 4.78 is 26.5. The van der Waals surface area contributed by atoms with E-state index >= 15 is 0 Å². The maximum atomic E-state index is 12.5. The minimum Gasteiger partial charge on any atom is -0.398 e. The van der Waals surface area contributed by atoms with Crippen molar-refractivity contribution in [3.05, 3.63) is 35.8 Å². The van der Waals surface area contributed by atoms with Crippen LogP contribution in [-0.4, -0.2) is 24.9 Å². The molecule has 0 spiro atoms. The van der Waals surface area contributed by atoms with Gasteiger partial charge >= 0.3 is 0 Å². The summed E-state index contributed by atoms with van der Waals surface area (Å²) in [4.78, 5) is 6.71. The lowest BCUT2D eigenvalue weighted by molar-refractivity contribution is 0.589. The molecule has 3 rings (SSSR count). The van der Waals surface area contributed by atoms with Crippen LogP contribution >= 0.6 is 0 Å². The number of nitrogens with one attached hydrogen (secondary N) is 1. The third-order valence-electron chi connectivity index (χ3n) is 3.27. The Labute approximate surface area is 111 Å². The lowest BCUT2D eigenvalue weighted by Gasteiger charge is -2.18. The molecule has 0 amide bonds. The summed E-state index contributed by atoms with van der Waals surface area (Å²) in [6, 6.07) is 5.33. The van der Waals surface area contributed by atoms with Gasteiger partial charge in [-0.1, -0.05) is 6.07 Å². The summed E-state index contributed by atoms with van der Waals surface area (Å²) >= 11 is 0. The quantitative estimate of drug-likeness (QED) is 0.803. The maximum Gasteiger partial charge on any atom is 0.281 e. The van der Waals surface area contributed by atoms with Crippen LogP contribution in [0.25, 0.3) is 0 Å². The van der Waals surface area contributed by atoms with Crippen molar-refractivity contribution in [3.8, 4) is 0 Å². The Hall–Kier alpha value is -2.02. The first-order chi connectivity index (χ1) is 9.00. The molecule has 6 nitrogen and oxygen atoms in total. The number of fused-ring (bicyclic) bond motifs is 1. The second kappa shape index (κ2) is 3.99. The lowest BCUT2D eigenvalue weighted by Crippen LogP contribution is -2.29. The van der Waals surface area contributed by atoms with Gasteiger partial charge in [0.15, 0.2) is 5.03 Å². The van der Waals surface area contributed by atoms with E-state index in [1.807, 2.05) is 0 Å². The highest BCUT2D eigenvalue weighted by molar-refractivity contribution is 7.92. The third kappa shape index (κ3) is 1.77. The number of sulfonamides is 1. The van der Waals surface area contributed by atoms with Crippen molar-refractivity contribution in [1.82, 2.24) is 9.97 Å². The molecule has 0 bridgehead atoms. The number of imidazole rings is 1. The molecule has 19 heavy (non-hydrogen) atoms. The summed E-state index contributed by atoms with van der Waals surface area (Å²) in [5, 5.41) is 0.111. The molecule has 1 aromatic heterocycles. The monoisotopic (exact) mass is 278 g/mol. The van der Waals surface area contributed by atoms with Crippen LogP contribution in [0.4, 0.5) is 11.4 Å². The van der Waals surface area contributed by atoms with Crippen LogP contribution in [0.2, 0.25) is 0 Å². The maximum absolute atomic E-state index is 12.5. The number of aromatic nitrogens is 2. The molecule has 0 aliphatic carbocycles. The number of nitrogens with zero attached hydrogens (tertiary/aromatic N) is 2. The van der Waals surface area contributed by atoms with Crippen molar-refractivity contribution in [2.24, 2.45) is 0 Å². The fraction of sp³-hybridized carbons (Fsp3) is 0.250. The number of aromatic amines is 1. The van der Waals surface area contributed by atoms with Crippen LogP contribution in [-0.2, 0) is 16.4 Å². The standard InChI is InChI=1S/C12H14N4O2S/c1-8-14-7-12(15-8)19(17,18)16-6-5-9-10(13)3-2-4-11(9)16/h2-4,7H,5-6,13H2,1H3,(H,14,15). The van der Waals surface area contributed by atoms with E-state index in [1.165, 1.54) is 10.5 Å². The SMILES string of the molecule is Cc1ncc(S(=O)(=O)N2CCc3c(N)cccc32)[nH]1. The topological polar surface area (TPSA) is 92.1 Å². The highest BCUT2D eigenvalue weighted by Gasteiger charge is 2.32. The first-order valence-electron chi connectivity index (χ1n) is 5.92. The molecular formula is C12H14N4O2S. The van der Waals surface area contributed by atoms with Crippen LogP contribution in [0.5, 0.6) is 0 Å². The second-order valence-corrected chi connectivity index (χ2v) is 6.34. The van der Waals surface area contributed by atoms with Crippen LogP contribution in [0.1, 0.15) is 11.4 Å². The van der Waals surface area contributed by atoms with E-state index in [0.29, 0.717) is 30.2 Å². The number of aryl methyl sites for hydroxylation is 1. The van der Waals surface area contributed by atoms with Crippen LogP contribution in [0.15, 0.2) is 29.4 Å². The van der Waals surface area contributed by atoms with Crippen molar-refractivity contribution >= 4 is 21.4 Å². The molecule has 0 radical (unpaired) electrons. The van der Waals surface area contributed by atoms with E-state index in [-0.39, 0.29) is 5.03 Å². The Morgan fingerprint density at radius 3 is 2.89 bits per heavy atom. The summed E-state index contributed by atoms with van der Waals surface area (Å²) in [6.45, 7) is 2.12. The fourth-order valence-electron chi connectivity index (χ4n) is 2.33. The molecule has 2 heterocycles. The van der Waals surface area contributed by atoms with Gasteiger partial charge in [0.25, 0.3) is 10.0 Å². The van der Waals surface area contributed by atoms with E-state index < -0.39 is 10.0 Å². The predicted molar refractivity (Wildman–Crippen MR) is 72.4 cm³/mol. The zero-order valence-electron chi connectivity index (χ0n) is 10.4. The van der Waals surface area contributed by atoms with Gasteiger partial charge in [0, 0.05) is 17.8 Å². The second-order valence-electron chi connectivity index (χ2n) is 4.50. The summed E-state index contributed by atoms with van der Waals surface area (Å²) in [6.07, 6.45) is 1.98. The first kappa shape index (κ1) is 12.0. The molecule has 0 atom stereocenters. The van der Waals surface area contributed by atoms with E-state index in [2.05, 4.69) is 9.97 Å². The van der Waals surface area contributed by atoms with Gasteiger partial charge in [0.1, 0.15) is 5.82 Å². The minimum atomic E-state index is -3.59. The zero-order chi connectivity index (χ0) is 13.6. The Balaban J connectivity index is 2.09. The number of H-pyrrole nitrogens is 1. The summed E-state index contributed by atoms with van der Waals surface area (Å²) in [5.41, 5.74) is 8.06. The van der Waals surface area contributed by atoms with Crippen molar-refractivity contribution in [2.45, 2.75) is 18.4 Å². The number of rotatable bonds is 2. The fourth-order valence-corrected chi connectivity index (χ4v) is 3.79. The average molecular weight is 278 g/mol. The molecule has 0 fully saturated rings.